The zero-order chi connectivity index (χ0) is 45.5. The van der Waals surface area contributed by atoms with E-state index in [1.54, 1.807) is 12.4 Å². The predicted molar refractivity (Wildman–Crippen MR) is 273 cm³/mol. The lowest BCUT2D eigenvalue weighted by molar-refractivity contribution is 1.11. The van der Waals surface area contributed by atoms with Gasteiger partial charge in [-0.05, 0) is 137 Å². The summed E-state index contributed by atoms with van der Waals surface area (Å²) in [6.07, 6.45) is 7.21. The van der Waals surface area contributed by atoms with E-state index in [9.17, 15) is 0 Å². The summed E-state index contributed by atoms with van der Waals surface area (Å²) in [6, 6.07) is 68.6. The molecule has 3 heterocycles. The van der Waals surface area contributed by atoms with Crippen LogP contribution in [0.5, 0.6) is 0 Å². The molecule has 3 aromatic heterocycles. The van der Waals surface area contributed by atoms with Gasteiger partial charge in [-0.2, -0.15) is 0 Å². The molecule has 5 heteroatoms. The number of rotatable bonds is 6. The summed E-state index contributed by atoms with van der Waals surface area (Å²) in [4.78, 5) is 17.6. The molecule has 0 N–H and O–H groups in total. The molecular weight excluding hydrogens is 779 g/mol. The summed E-state index contributed by atoms with van der Waals surface area (Å²) in [5.74, 6) is 1.76. The number of para-hydroxylation sites is 4. The lowest BCUT2D eigenvalue weighted by atomic mass is 10.1. The molecule has 0 aliphatic rings. The molecular formula is C59H61N5. The van der Waals surface area contributed by atoms with Crippen molar-refractivity contribution in [3.63, 3.8) is 0 Å². The van der Waals surface area contributed by atoms with Crippen molar-refractivity contribution in [2.24, 2.45) is 0 Å². The van der Waals surface area contributed by atoms with Gasteiger partial charge in [0.25, 0.3) is 0 Å². The number of aromatic nitrogens is 3. The molecule has 0 amide bonds. The summed E-state index contributed by atoms with van der Waals surface area (Å²) in [5, 5.41) is 0. The van der Waals surface area contributed by atoms with Gasteiger partial charge in [0.05, 0.1) is 22.7 Å². The summed E-state index contributed by atoms with van der Waals surface area (Å²) in [7, 11) is 0. The molecule has 0 saturated heterocycles. The number of hydrogen-bond donors (Lipinski definition) is 0. The fraction of sp³-hybridized carbons (Fsp3) is 0.136. The number of nitrogens with zero attached hydrogens (tertiary/aromatic N) is 5. The number of benzene rings is 6. The second-order valence-corrected chi connectivity index (χ2v) is 15.5. The van der Waals surface area contributed by atoms with E-state index in [4.69, 9.17) is 4.98 Å². The highest BCUT2D eigenvalue weighted by atomic mass is 15.3. The Morgan fingerprint density at radius 2 is 0.547 bits per heavy atom. The maximum atomic E-state index is 5.30. The Morgan fingerprint density at radius 1 is 0.266 bits per heavy atom. The standard InChI is InChI=1S/C33H31N3.2C7H8.2C6H7N/c1-24-14-5-9-18-28(24)35(29-19-10-6-15-25(29)2)32-22-13-23-33(34-32)36(30-20-11-7-16-26(30)3)31-21-12-8-17-27(31)4;2*1-7-5-3-2-4-6-7;2*1-6-3-2-4-7-5-6/h5-23H,1-4H3;2*2-6H,1H3;2*2-5H,1H3. The van der Waals surface area contributed by atoms with E-state index in [2.05, 4.69) is 201 Å². The highest BCUT2D eigenvalue weighted by Crippen LogP contribution is 2.41. The molecule has 0 radical (unpaired) electrons. The van der Waals surface area contributed by atoms with Gasteiger partial charge in [0.2, 0.25) is 0 Å². The molecule has 0 unspecified atom stereocenters. The Balaban J connectivity index is 0.000000218. The Kier molecular flexibility index (Phi) is 18.8. The normalized spacial score (nSPS) is 9.88. The van der Waals surface area contributed by atoms with Gasteiger partial charge in [-0.15, -0.1) is 0 Å². The number of anilines is 6. The summed E-state index contributed by atoms with van der Waals surface area (Å²) in [6.45, 7) is 16.8. The topological polar surface area (TPSA) is 45.2 Å². The van der Waals surface area contributed by atoms with Gasteiger partial charge in [0.1, 0.15) is 11.6 Å². The first kappa shape index (κ1) is 47.4. The first-order valence-corrected chi connectivity index (χ1v) is 21.7. The third-order valence-corrected chi connectivity index (χ3v) is 10.1. The van der Waals surface area contributed by atoms with Crippen molar-refractivity contribution in [2.45, 2.75) is 55.4 Å². The smallest absolute Gasteiger partial charge is 0.140 e. The van der Waals surface area contributed by atoms with Gasteiger partial charge in [0.15, 0.2) is 0 Å². The van der Waals surface area contributed by atoms with Gasteiger partial charge in [-0.3, -0.25) is 19.8 Å². The first-order valence-electron chi connectivity index (χ1n) is 21.7. The largest absolute Gasteiger partial charge is 0.294 e. The molecule has 0 aliphatic carbocycles. The van der Waals surface area contributed by atoms with E-state index in [0.717, 1.165) is 34.4 Å². The second-order valence-electron chi connectivity index (χ2n) is 15.5. The maximum absolute atomic E-state index is 5.30. The zero-order valence-electron chi connectivity index (χ0n) is 38.6. The Hall–Kier alpha value is -7.63. The van der Waals surface area contributed by atoms with E-state index < -0.39 is 0 Å². The van der Waals surface area contributed by atoms with Crippen molar-refractivity contribution in [1.82, 2.24) is 15.0 Å². The Bertz CT molecular complexity index is 2350. The van der Waals surface area contributed by atoms with Crippen molar-refractivity contribution >= 4 is 34.4 Å². The summed E-state index contributed by atoms with van der Waals surface area (Å²) >= 11 is 0. The van der Waals surface area contributed by atoms with Crippen LogP contribution in [0.2, 0.25) is 0 Å². The fourth-order valence-corrected chi connectivity index (χ4v) is 6.64. The van der Waals surface area contributed by atoms with Crippen LogP contribution in [0.15, 0.2) is 225 Å². The van der Waals surface area contributed by atoms with E-state index >= 15 is 0 Å². The van der Waals surface area contributed by atoms with Crippen molar-refractivity contribution < 1.29 is 0 Å². The average Bonchev–Trinajstić information content (AvgIpc) is 3.31. The van der Waals surface area contributed by atoms with Crippen molar-refractivity contribution in [3.8, 4) is 0 Å². The average molecular weight is 840 g/mol. The van der Waals surface area contributed by atoms with Crippen molar-refractivity contribution in [1.29, 1.82) is 0 Å². The molecule has 0 atom stereocenters. The molecule has 0 fully saturated rings. The van der Waals surface area contributed by atoms with Crippen LogP contribution < -0.4 is 9.80 Å². The van der Waals surface area contributed by atoms with E-state index in [1.807, 2.05) is 86.9 Å². The molecule has 322 valence electrons. The van der Waals surface area contributed by atoms with Crippen LogP contribution in [0.4, 0.5) is 34.4 Å². The minimum Gasteiger partial charge on any atom is -0.294 e. The SMILES string of the molecule is Cc1ccccc1.Cc1ccccc1.Cc1ccccc1N(c1cccc(N(c2ccccc2C)c2ccccc2C)n1)c1ccccc1C.Cc1cccnc1.Cc1cccnc1. The summed E-state index contributed by atoms with van der Waals surface area (Å²) in [5.41, 5.74) is 14.3. The first-order chi connectivity index (χ1) is 31.1. The zero-order valence-corrected chi connectivity index (χ0v) is 38.6. The van der Waals surface area contributed by atoms with Crippen LogP contribution in [-0.4, -0.2) is 15.0 Å². The minimum atomic E-state index is 0.878. The molecule has 0 bridgehead atoms. The van der Waals surface area contributed by atoms with Crippen LogP contribution in [0.3, 0.4) is 0 Å². The molecule has 64 heavy (non-hydrogen) atoms. The molecule has 9 rings (SSSR count). The molecule has 5 nitrogen and oxygen atoms in total. The van der Waals surface area contributed by atoms with E-state index in [-0.39, 0.29) is 0 Å². The predicted octanol–water partition coefficient (Wildman–Crippen LogP) is 16.0. The van der Waals surface area contributed by atoms with Gasteiger partial charge >= 0.3 is 0 Å². The van der Waals surface area contributed by atoms with E-state index in [0.29, 0.717) is 0 Å². The highest BCUT2D eigenvalue weighted by Gasteiger charge is 2.21. The lowest BCUT2D eigenvalue weighted by Crippen LogP contribution is -2.17. The molecule has 9 aromatic rings. The molecule has 0 spiro atoms. The van der Waals surface area contributed by atoms with E-state index in [1.165, 1.54) is 44.5 Å². The van der Waals surface area contributed by atoms with Crippen LogP contribution in [-0.2, 0) is 0 Å². The van der Waals surface area contributed by atoms with Crippen molar-refractivity contribution in [3.05, 3.63) is 269 Å². The maximum Gasteiger partial charge on any atom is 0.140 e. The second kappa shape index (κ2) is 25.3. The van der Waals surface area contributed by atoms with Gasteiger partial charge < -0.3 is 0 Å². The van der Waals surface area contributed by atoms with Gasteiger partial charge in [-0.25, -0.2) is 4.98 Å². The number of aryl methyl sites for hydroxylation is 8. The number of hydrogen-bond acceptors (Lipinski definition) is 5. The van der Waals surface area contributed by atoms with Crippen LogP contribution in [0.25, 0.3) is 0 Å². The van der Waals surface area contributed by atoms with Gasteiger partial charge in [-0.1, -0.05) is 163 Å². The minimum absolute atomic E-state index is 0.878. The van der Waals surface area contributed by atoms with Crippen LogP contribution >= 0.6 is 0 Å². The fourth-order valence-electron chi connectivity index (χ4n) is 6.64. The lowest BCUT2D eigenvalue weighted by Gasteiger charge is -2.30. The van der Waals surface area contributed by atoms with Crippen LogP contribution in [0, 0.1) is 55.4 Å². The Morgan fingerprint density at radius 3 is 0.766 bits per heavy atom. The molecule has 6 aromatic carbocycles. The Labute approximate surface area is 382 Å². The monoisotopic (exact) mass is 839 g/mol. The van der Waals surface area contributed by atoms with Gasteiger partial charge in [0, 0.05) is 24.8 Å². The highest BCUT2D eigenvalue weighted by molar-refractivity contribution is 5.82. The van der Waals surface area contributed by atoms with Crippen molar-refractivity contribution in [2.75, 3.05) is 9.80 Å². The summed E-state index contributed by atoms with van der Waals surface area (Å²) < 4.78 is 0. The quantitative estimate of drug-likeness (QED) is 0.167. The number of pyridine rings is 3. The molecule has 0 aliphatic heterocycles. The van der Waals surface area contributed by atoms with Crippen LogP contribution in [0.1, 0.15) is 44.5 Å². The third-order valence-electron chi connectivity index (χ3n) is 10.1. The molecule has 0 saturated carbocycles. The third kappa shape index (κ3) is 14.8.